The highest BCUT2D eigenvalue weighted by molar-refractivity contribution is 5.93. The Morgan fingerprint density at radius 1 is 1.32 bits per heavy atom. The van der Waals surface area contributed by atoms with Crippen molar-refractivity contribution in [2.45, 2.75) is 32.1 Å². The third-order valence-corrected chi connectivity index (χ3v) is 4.15. The molecule has 1 aliphatic heterocycles. The van der Waals surface area contributed by atoms with E-state index in [9.17, 15) is 4.79 Å². The van der Waals surface area contributed by atoms with Crippen LogP contribution in [0.4, 0.5) is 5.69 Å². The highest BCUT2D eigenvalue weighted by Gasteiger charge is 2.42. The van der Waals surface area contributed by atoms with Crippen LogP contribution in [0.25, 0.3) is 0 Å². The first-order valence-electron chi connectivity index (χ1n) is 6.96. The fourth-order valence-electron chi connectivity index (χ4n) is 2.64. The summed E-state index contributed by atoms with van der Waals surface area (Å²) in [6, 6.07) is 5.92. The molecule has 0 radical (unpaired) electrons. The first-order valence-corrected chi connectivity index (χ1v) is 6.96. The number of aryl methyl sites for hydroxylation is 1. The average molecular weight is 260 g/mol. The van der Waals surface area contributed by atoms with E-state index < -0.39 is 0 Å². The minimum atomic E-state index is 0.0982. The van der Waals surface area contributed by atoms with Crippen molar-refractivity contribution in [3.8, 4) is 5.75 Å². The van der Waals surface area contributed by atoms with E-state index >= 15 is 0 Å². The summed E-state index contributed by atoms with van der Waals surface area (Å²) >= 11 is 0. The van der Waals surface area contributed by atoms with E-state index in [1.165, 1.54) is 18.4 Å². The van der Waals surface area contributed by atoms with Gasteiger partial charge in [-0.1, -0.05) is 0 Å². The van der Waals surface area contributed by atoms with Crippen molar-refractivity contribution in [1.82, 2.24) is 0 Å². The van der Waals surface area contributed by atoms with Crippen LogP contribution < -0.4 is 15.8 Å². The number of carbonyl (C=O) groups excluding carboxylic acids is 1. The Morgan fingerprint density at radius 2 is 2.16 bits per heavy atom. The Hall–Kier alpha value is -1.55. The second kappa shape index (κ2) is 4.85. The summed E-state index contributed by atoms with van der Waals surface area (Å²) in [5.41, 5.74) is 8.05. The van der Waals surface area contributed by atoms with Gasteiger partial charge in [-0.2, -0.15) is 0 Å². The van der Waals surface area contributed by atoms with Crippen LogP contribution in [-0.2, 0) is 11.2 Å². The van der Waals surface area contributed by atoms with Crippen molar-refractivity contribution in [1.29, 1.82) is 0 Å². The number of rotatable bonds is 5. The molecule has 1 amide bonds. The molecular formula is C15H20N2O2. The molecule has 4 heteroatoms. The zero-order chi connectivity index (χ0) is 13.3. The molecule has 0 bridgehead atoms. The standard InChI is InChI=1S/C15H20N2O2/c16-8-7-15(5-6-15)10-19-12-2-3-13-11(9-12)1-4-14(18)17-13/h2-3,9H,1,4-8,10,16H2,(H,17,18). The lowest BCUT2D eigenvalue weighted by molar-refractivity contribution is -0.116. The van der Waals surface area contributed by atoms with Gasteiger partial charge in [-0.25, -0.2) is 0 Å². The maximum absolute atomic E-state index is 11.3. The summed E-state index contributed by atoms with van der Waals surface area (Å²) in [6.45, 7) is 1.49. The zero-order valence-electron chi connectivity index (χ0n) is 11.1. The van der Waals surface area contributed by atoms with Crippen LogP contribution >= 0.6 is 0 Å². The van der Waals surface area contributed by atoms with Crippen LogP contribution in [0.3, 0.4) is 0 Å². The van der Waals surface area contributed by atoms with Gasteiger partial charge in [0.25, 0.3) is 0 Å². The Bertz CT molecular complexity index is 495. The van der Waals surface area contributed by atoms with Crippen molar-refractivity contribution in [3.63, 3.8) is 0 Å². The van der Waals surface area contributed by atoms with E-state index in [1.54, 1.807) is 0 Å². The van der Waals surface area contributed by atoms with E-state index in [0.717, 1.165) is 37.4 Å². The van der Waals surface area contributed by atoms with Crippen LogP contribution in [0.1, 0.15) is 31.2 Å². The molecule has 1 saturated carbocycles. The molecule has 0 aromatic heterocycles. The molecule has 1 fully saturated rings. The smallest absolute Gasteiger partial charge is 0.224 e. The van der Waals surface area contributed by atoms with Gasteiger partial charge in [-0.05, 0) is 56.0 Å². The third kappa shape index (κ3) is 2.73. The molecule has 102 valence electrons. The molecule has 1 heterocycles. The molecule has 3 rings (SSSR count). The number of nitrogens with two attached hydrogens (primary N) is 1. The number of hydrogen-bond acceptors (Lipinski definition) is 3. The van der Waals surface area contributed by atoms with Crippen molar-refractivity contribution in [3.05, 3.63) is 23.8 Å². The van der Waals surface area contributed by atoms with Gasteiger partial charge >= 0.3 is 0 Å². The molecule has 0 saturated heterocycles. The fraction of sp³-hybridized carbons (Fsp3) is 0.533. The predicted molar refractivity (Wildman–Crippen MR) is 74.2 cm³/mol. The lowest BCUT2D eigenvalue weighted by atomic mass is 10.0. The lowest BCUT2D eigenvalue weighted by Gasteiger charge is -2.19. The van der Waals surface area contributed by atoms with Crippen molar-refractivity contribution in [2.75, 3.05) is 18.5 Å². The second-order valence-corrected chi connectivity index (χ2v) is 5.69. The summed E-state index contributed by atoms with van der Waals surface area (Å²) in [4.78, 5) is 11.3. The maximum Gasteiger partial charge on any atom is 0.224 e. The predicted octanol–water partition coefficient (Wildman–Crippen LogP) is 2.08. The van der Waals surface area contributed by atoms with Crippen molar-refractivity contribution in [2.24, 2.45) is 11.1 Å². The second-order valence-electron chi connectivity index (χ2n) is 5.69. The van der Waals surface area contributed by atoms with Gasteiger partial charge < -0.3 is 15.8 Å². The number of ether oxygens (including phenoxy) is 1. The Labute approximate surface area is 113 Å². The SMILES string of the molecule is NCCC1(COc2ccc3c(c2)CCC(=O)N3)CC1. The number of fused-ring (bicyclic) bond motifs is 1. The first kappa shape index (κ1) is 12.5. The molecule has 1 aliphatic carbocycles. The van der Waals surface area contributed by atoms with Crippen LogP contribution in [0.5, 0.6) is 5.75 Å². The molecular weight excluding hydrogens is 240 g/mol. The molecule has 4 nitrogen and oxygen atoms in total. The highest BCUT2D eigenvalue weighted by atomic mass is 16.5. The lowest BCUT2D eigenvalue weighted by Crippen LogP contribution is -2.19. The van der Waals surface area contributed by atoms with Crippen LogP contribution in [0.15, 0.2) is 18.2 Å². The van der Waals surface area contributed by atoms with E-state index in [-0.39, 0.29) is 5.91 Å². The number of carbonyl (C=O) groups is 1. The van der Waals surface area contributed by atoms with Gasteiger partial charge in [-0.15, -0.1) is 0 Å². The largest absolute Gasteiger partial charge is 0.493 e. The van der Waals surface area contributed by atoms with Gasteiger partial charge in [0, 0.05) is 17.5 Å². The molecule has 0 atom stereocenters. The molecule has 1 aromatic carbocycles. The van der Waals surface area contributed by atoms with E-state index in [0.29, 0.717) is 11.8 Å². The fourth-order valence-corrected chi connectivity index (χ4v) is 2.64. The first-order chi connectivity index (χ1) is 9.21. The van der Waals surface area contributed by atoms with Crippen molar-refractivity contribution >= 4 is 11.6 Å². The summed E-state index contributed by atoms with van der Waals surface area (Å²) in [6.07, 6.45) is 4.87. The van der Waals surface area contributed by atoms with Gasteiger partial charge in [0.15, 0.2) is 0 Å². The van der Waals surface area contributed by atoms with E-state index in [2.05, 4.69) is 5.32 Å². The van der Waals surface area contributed by atoms with Crippen LogP contribution in [-0.4, -0.2) is 19.1 Å². The van der Waals surface area contributed by atoms with Gasteiger partial charge in [0.1, 0.15) is 5.75 Å². The Kier molecular flexibility index (Phi) is 3.19. The Morgan fingerprint density at radius 3 is 2.89 bits per heavy atom. The normalized spacial score (nSPS) is 19.5. The summed E-state index contributed by atoms with van der Waals surface area (Å²) < 4.78 is 5.91. The number of nitrogens with one attached hydrogen (secondary N) is 1. The van der Waals surface area contributed by atoms with Gasteiger partial charge in [0.05, 0.1) is 6.61 Å². The van der Waals surface area contributed by atoms with Gasteiger partial charge in [-0.3, -0.25) is 4.79 Å². The number of hydrogen-bond donors (Lipinski definition) is 2. The molecule has 1 aromatic rings. The maximum atomic E-state index is 11.3. The van der Waals surface area contributed by atoms with E-state index in [4.69, 9.17) is 10.5 Å². The zero-order valence-corrected chi connectivity index (χ0v) is 11.1. The topological polar surface area (TPSA) is 64.3 Å². The minimum Gasteiger partial charge on any atom is -0.493 e. The number of anilines is 1. The quantitative estimate of drug-likeness (QED) is 0.852. The summed E-state index contributed by atoms with van der Waals surface area (Å²) in [5, 5.41) is 2.88. The van der Waals surface area contributed by atoms with Crippen LogP contribution in [0, 0.1) is 5.41 Å². The molecule has 3 N–H and O–H groups in total. The summed E-state index contributed by atoms with van der Waals surface area (Å²) in [7, 11) is 0. The van der Waals surface area contributed by atoms with Crippen LogP contribution in [0.2, 0.25) is 0 Å². The monoisotopic (exact) mass is 260 g/mol. The molecule has 19 heavy (non-hydrogen) atoms. The third-order valence-electron chi connectivity index (χ3n) is 4.15. The highest BCUT2D eigenvalue weighted by Crippen LogP contribution is 2.48. The molecule has 0 unspecified atom stereocenters. The summed E-state index contributed by atoms with van der Waals surface area (Å²) in [5.74, 6) is 0.999. The average Bonchev–Trinajstić information content (AvgIpc) is 3.17. The number of amides is 1. The van der Waals surface area contributed by atoms with Gasteiger partial charge in [0.2, 0.25) is 5.91 Å². The van der Waals surface area contributed by atoms with Crippen molar-refractivity contribution < 1.29 is 9.53 Å². The minimum absolute atomic E-state index is 0.0982. The molecule has 2 aliphatic rings. The Balaban J connectivity index is 1.64. The number of benzene rings is 1. The van der Waals surface area contributed by atoms with E-state index in [1.807, 2.05) is 18.2 Å². The molecule has 0 spiro atoms.